The van der Waals surface area contributed by atoms with Crippen molar-refractivity contribution in [3.8, 4) is 16.9 Å². The number of pyridine rings is 1. The second-order valence-electron chi connectivity index (χ2n) is 10.4. The average molecular weight is 539 g/mol. The molecule has 206 valence electrons. The number of para-hydroxylation sites is 1. The molecule has 1 aromatic heterocycles. The van der Waals surface area contributed by atoms with Gasteiger partial charge in [0.15, 0.2) is 5.43 Å². The van der Waals surface area contributed by atoms with Gasteiger partial charge in [0.25, 0.3) is 0 Å². The Morgan fingerprint density at radius 2 is 1.68 bits per heavy atom. The molecular formula is C33H34N2O5. The third-order valence-corrected chi connectivity index (χ3v) is 7.54. The van der Waals surface area contributed by atoms with Crippen LogP contribution in [0.1, 0.15) is 49.3 Å². The van der Waals surface area contributed by atoms with E-state index in [1.807, 2.05) is 65.7 Å². The van der Waals surface area contributed by atoms with E-state index in [2.05, 4.69) is 11.5 Å². The number of fused-ring (bicyclic) bond motifs is 1. The van der Waals surface area contributed by atoms with Crippen molar-refractivity contribution in [2.45, 2.75) is 52.0 Å². The highest BCUT2D eigenvalue weighted by Gasteiger charge is 2.19. The van der Waals surface area contributed by atoms with Crippen LogP contribution in [0.5, 0.6) is 5.75 Å². The van der Waals surface area contributed by atoms with E-state index in [-0.39, 0.29) is 17.1 Å². The van der Waals surface area contributed by atoms with E-state index < -0.39 is 6.16 Å². The standard InChI is InChI=1S/C33H34N2O5/c1-2-3-8-26-22-35(21-23-11-14-25(15-12-23)27-9-4-5-10-30(27)40-33(38)39)29-19-24(13-16-28(29)32(26)37)20-31(36)34-17-6-7-18-34/h4-5,9-16,19,22H,2-3,6-8,17-18,20-21H2,1H3,(H,38,39). The maximum absolute atomic E-state index is 13.3. The van der Waals surface area contributed by atoms with Gasteiger partial charge in [-0.15, -0.1) is 0 Å². The highest BCUT2D eigenvalue weighted by Crippen LogP contribution is 2.30. The normalized spacial score (nSPS) is 13.1. The molecule has 0 bridgehead atoms. The number of ether oxygens (including phenoxy) is 1. The first-order chi connectivity index (χ1) is 19.4. The topological polar surface area (TPSA) is 88.8 Å². The Kier molecular flexibility index (Phi) is 8.29. The minimum Gasteiger partial charge on any atom is -0.449 e. The summed E-state index contributed by atoms with van der Waals surface area (Å²) in [5, 5.41) is 9.75. The van der Waals surface area contributed by atoms with Crippen molar-refractivity contribution in [1.82, 2.24) is 9.47 Å². The second-order valence-corrected chi connectivity index (χ2v) is 10.4. The third-order valence-electron chi connectivity index (χ3n) is 7.54. The zero-order valence-corrected chi connectivity index (χ0v) is 22.8. The van der Waals surface area contributed by atoms with Crippen molar-refractivity contribution in [3.63, 3.8) is 0 Å². The summed E-state index contributed by atoms with van der Waals surface area (Å²) in [6.45, 7) is 4.30. The lowest BCUT2D eigenvalue weighted by molar-refractivity contribution is -0.129. The van der Waals surface area contributed by atoms with Gasteiger partial charge in [-0.2, -0.15) is 0 Å². The van der Waals surface area contributed by atoms with Gasteiger partial charge in [0.05, 0.1) is 11.9 Å². The first-order valence-electron chi connectivity index (χ1n) is 13.9. The summed E-state index contributed by atoms with van der Waals surface area (Å²) in [6.07, 6.45) is 5.72. The number of unbranched alkanes of at least 4 members (excludes halogenated alkanes) is 1. The number of amides is 1. The molecule has 0 aliphatic carbocycles. The van der Waals surface area contributed by atoms with Crippen LogP contribution >= 0.6 is 0 Å². The number of benzene rings is 3. The Morgan fingerprint density at radius 3 is 2.40 bits per heavy atom. The lowest BCUT2D eigenvalue weighted by Crippen LogP contribution is -2.29. The zero-order valence-electron chi connectivity index (χ0n) is 22.8. The maximum atomic E-state index is 13.3. The van der Waals surface area contributed by atoms with E-state index in [0.29, 0.717) is 23.9 Å². The zero-order chi connectivity index (χ0) is 28.1. The van der Waals surface area contributed by atoms with Gasteiger partial charge >= 0.3 is 6.16 Å². The number of carboxylic acid groups (broad SMARTS) is 1. The molecule has 40 heavy (non-hydrogen) atoms. The van der Waals surface area contributed by atoms with Crippen molar-refractivity contribution in [1.29, 1.82) is 0 Å². The fourth-order valence-electron chi connectivity index (χ4n) is 5.41. The van der Waals surface area contributed by atoms with Gasteiger partial charge in [-0.3, -0.25) is 9.59 Å². The summed E-state index contributed by atoms with van der Waals surface area (Å²) in [4.78, 5) is 39.2. The average Bonchev–Trinajstić information content (AvgIpc) is 3.50. The number of hydrogen-bond donors (Lipinski definition) is 1. The molecule has 1 aliphatic heterocycles. The lowest BCUT2D eigenvalue weighted by atomic mass is 10.0. The molecule has 2 heterocycles. The van der Waals surface area contributed by atoms with Crippen LogP contribution in [-0.4, -0.2) is 39.7 Å². The molecule has 1 amide bonds. The molecule has 1 aliphatic rings. The first-order valence-corrected chi connectivity index (χ1v) is 13.9. The van der Waals surface area contributed by atoms with Crippen LogP contribution in [0.25, 0.3) is 22.0 Å². The SMILES string of the molecule is CCCCc1cn(Cc2ccc(-c3ccccc3OC(=O)O)cc2)c2cc(CC(=O)N3CCCC3)ccc2c1=O. The van der Waals surface area contributed by atoms with E-state index in [4.69, 9.17) is 9.84 Å². The van der Waals surface area contributed by atoms with Crippen LogP contribution in [0.3, 0.4) is 0 Å². The quantitative estimate of drug-likeness (QED) is 0.200. The molecule has 0 saturated carbocycles. The third kappa shape index (κ3) is 6.09. The molecule has 1 N–H and O–H groups in total. The molecule has 0 spiro atoms. The summed E-state index contributed by atoms with van der Waals surface area (Å²) < 4.78 is 7.07. The van der Waals surface area contributed by atoms with Crippen molar-refractivity contribution in [2.75, 3.05) is 13.1 Å². The predicted molar refractivity (Wildman–Crippen MR) is 156 cm³/mol. The van der Waals surface area contributed by atoms with Crippen molar-refractivity contribution in [3.05, 3.63) is 99.8 Å². The van der Waals surface area contributed by atoms with Crippen molar-refractivity contribution >= 4 is 23.0 Å². The number of aromatic nitrogens is 1. The van der Waals surface area contributed by atoms with Gasteiger partial charge in [-0.25, -0.2) is 4.79 Å². The fraction of sp³-hybridized carbons (Fsp3) is 0.303. The van der Waals surface area contributed by atoms with Crippen LogP contribution in [0.2, 0.25) is 0 Å². The minimum atomic E-state index is -1.35. The Morgan fingerprint density at radius 1 is 0.950 bits per heavy atom. The summed E-state index contributed by atoms with van der Waals surface area (Å²) in [7, 11) is 0. The summed E-state index contributed by atoms with van der Waals surface area (Å²) in [5.41, 5.74) is 5.15. The lowest BCUT2D eigenvalue weighted by Gasteiger charge is -2.17. The van der Waals surface area contributed by atoms with Gasteiger partial charge in [0, 0.05) is 42.3 Å². The van der Waals surface area contributed by atoms with E-state index in [1.165, 1.54) is 0 Å². The monoisotopic (exact) mass is 538 g/mol. The summed E-state index contributed by atoms with van der Waals surface area (Å²) >= 11 is 0. The smallest absolute Gasteiger partial charge is 0.449 e. The van der Waals surface area contributed by atoms with E-state index in [1.54, 1.807) is 12.1 Å². The molecule has 1 saturated heterocycles. The van der Waals surface area contributed by atoms with E-state index in [9.17, 15) is 14.4 Å². The number of hydrogen-bond acceptors (Lipinski definition) is 4. The molecular weight excluding hydrogens is 504 g/mol. The van der Waals surface area contributed by atoms with Gasteiger partial charge in [0.1, 0.15) is 5.75 Å². The van der Waals surface area contributed by atoms with Crippen molar-refractivity contribution < 1.29 is 19.4 Å². The molecule has 4 aromatic rings. The van der Waals surface area contributed by atoms with Crippen LogP contribution in [0.4, 0.5) is 4.79 Å². The Labute approximate surface area is 233 Å². The number of aryl methyl sites for hydroxylation is 1. The number of carbonyl (C=O) groups is 2. The maximum Gasteiger partial charge on any atom is 0.511 e. The Bertz CT molecular complexity index is 1580. The highest BCUT2D eigenvalue weighted by atomic mass is 16.7. The van der Waals surface area contributed by atoms with Gasteiger partial charge < -0.3 is 19.3 Å². The van der Waals surface area contributed by atoms with E-state index in [0.717, 1.165) is 73.0 Å². The molecule has 1 fully saturated rings. The van der Waals surface area contributed by atoms with Gasteiger partial charge in [-0.1, -0.05) is 61.9 Å². The molecule has 7 nitrogen and oxygen atoms in total. The molecule has 0 radical (unpaired) electrons. The van der Waals surface area contributed by atoms with Crippen LogP contribution in [0, 0.1) is 0 Å². The van der Waals surface area contributed by atoms with Crippen LogP contribution in [0.15, 0.2) is 77.7 Å². The van der Waals surface area contributed by atoms with Crippen LogP contribution < -0.4 is 10.2 Å². The Balaban J connectivity index is 1.47. The minimum absolute atomic E-state index is 0.0579. The largest absolute Gasteiger partial charge is 0.511 e. The second kappa shape index (κ2) is 12.2. The fourth-order valence-corrected chi connectivity index (χ4v) is 5.41. The number of nitrogens with zero attached hydrogens (tertiary/aromatic N) is 2. The molecule has 7 heteroatoms. The summed E-state index contributed by atoms with van der Waals surface area (Å²) in [5.74, 6) is 0.416. The van der Waals surface area contributed by atoms with E-state index >= 15 is 0 Å². The van der Waals surface area contributed by atoms with Gasteiger partial charge in [-0.05, 0) is 60.6 Å². The van der Waals surface area contributed by atoms with Crippen LogP contribution in [-0.2, 0) is 24.2 Å². The van der Waals surface area contributed by atoms with Gasteiger partial charge in [0.2, 0.25) is 5.91 Å². The molecule has 0 unspecified atom stereocenters. The Hall–Kier alpha value is -4.39. The molecule has 0 atom stereocenters. The molecule has 5 rings (SSSR count). The molecule has 3 aromatic carbocycles. The number of rotatable bonds is 9. The summed E-state index contributed by atoms with van der Waals surface area (Å²) in [6, 6.07) is 20.7. The number of likely N-dealkylation sites (tertiary alicyclic amines) is 1. The first kappa shape index (κ1) is 27.2. The number of carbonyl (C=O) groups excluding carboxylic acids is 1. The predicted octanol–water partition coefficient (Wildman–Crippen LogP) is 6.28. The highest BCUT2D eigenvalue weighted by molar-refractivity contribution is 5.84. The van der Waals surface area contributed by atoms with Crippen molar-refractivity contribution in [2.24, 2.45) is 0 Å².